The van der Waals surface area contributed by atoms with Crippen LogP contribution in [0.25, 0.3) is 20.8 Å². The number of benzene rings is 2. The van der Waals surface area contributed by atoms with Gasteiger partial charge in [-0.15, -0.1) is 10.2 Å². The van der Waals surface area contributed by atoms with Gasteiger partial charge in [-0.1, -0.05) is 58.5 Å². The quantitative estimate of drug-likeness (QED) is 0.530. The van der Waals surface area contributed by atoms with Crippen molar-refractivity contribution in [3.8, 4) is 16.3 Å². The second-order valence-corrected chi connectivity index (χ2v) is 7.26. The predicted octanol–water partition coefficient (Wildman–Crippen LogP) is 5.22. The van der Waals surface area contributed by atoms with Gasteiger partial charge in [0.15, 0.2) is 10.1 Å². The van der Waals surface area contributed by atoms with Gasteiger partial charge < -0.3 is 10.1 Å². The lowest BCUT2D eigenvalue weighted by molar-refractivity contribution is 0.419. The topological polar surface area (TPSA) is 59.9 Å². The van der Waals surface area contributed by atoms with Gasteiger partial charge in [-0.2, -0.15) is 0 Å². The maximum atomic E-state index is 6.21. The number of nitrogens with one attached hydrogen (secondary N) is 1. The number of para-hydroxylation sites is 1. The minimum absolute atomic E-state index is 0.657. The van der Waals surface area contributed by atoms with E-state index in [2.05, 4.69) is 20.5 Å². The molecule has 24 heavy (non-hydrogen) atoms. The van der Waals surface area contributed by atoms with Crippen molar-refractivity contribution in [2.75, 3.05) is 12.4 Å². The van der Waals surface area contributed by atoms with Gasteiger partial charge in [0, 0.05) is 5.56 Å². The minimum atomic E-state index is 0.657. The molecule has 0 saturated heterocycles. The number of fused-ring (bicyclic) bond motifs is 1. The summed E-state index contributed by atoms with van der Waals surface area (Å²) in [6.07, 6.45) is 0. The van der Waals surface area contributed by atoms with E-state index < -0.39 is 0 Å². The predicted molar refractivity (Wildman–Crippen MR) is 99.8 cm³/mol. The Labute approximate surface area is 150 Å². The Morgan fingerprint density at radius 3 is 2.71 bits per heavy atom. The molecule has 8 heteroatoms. The number of rotatable bonds is 4. The number of aromatic nitrogens is 3. The lowest BCUT2D eigenvalue weighted by atomic mass is 10.2. The molecule has 4 aromatic rings. The first kappa shape index (κ1) is 15.3. The number of halogens is 1. The van der Waals surface area contributed by atoms with Crippen molar-refractivity contribution in [1.82, 2.24) is 15.2 Å². The minimum Gasteiger partial charge on any atom is -0.494 e. The molecule has 2 heterocycles. The first-order valence-electron chi connectivity index (χ1n) is 7.03. The average Bonchev–Trinajstić information content (AvgIpc) is 3.21. The highest BCUT2D eigenvalue weighted by Crippen LogP contribution is 2.36. The van der Waals surface area contributed by atoms with Gasteiger partial charge in [-0.05, 0) is 18.2 Å². The van der Waals surface area contributed by atoms with Crippen LogP contribution < -0.4 is 10.1 Å². The summed E-state index contributed by atoms with van der Waals surface area (Å²) in [6, 6.07) is 13.4. The fourth-order valence-corrected chi connectivity index (χ4v) is 4.26. The first-order chi connectivity index (χ1) is 11.7. The highest BCUT2D eigenvalue weighted by atomic mass is 35.5. The van der Waals surface area contributed by atoms with Crippen LogP contribution in [0.3, 0.4) is 0 Å². The van der Waals surface area contributed by atoms with Crippen molar-refractivity contribution in [3.63, 3.8) is 0 Å². The number of hydrogen-bond acceptors (Lipinski definition) is 7. The van der Waals surface area contributed by atoms with E-state index in [0.29, 0.717) is 10.2 Å². The Morgan fingerprint density at radius 1 is 1.00 bits per heavy atom. The summed E-state index contributed by atoms with van der Waals surface area (Å²) in [5.74, 6) is 0.755. The fraction of sp³-hybridized carbons (Fsp3) is 0.0625. The lowest BCUT2D eigenvalue weighted by Gasteiger charge is -1.98. The molecule has 0 spiro atoms. The Balaban J connectivity index is 1.64. The zero-order valence-electron chi connectivity index (χ0n) is 12.5. The van der Waals surface area contributed by atoms with Crippen LogP contribution in [0.1, 0.15) is 0 Å². The molecule has 0 aliphatic heterocycles. The van der Waals surface area contributed by atoms with Crippen molar-refractivity contribution < 1.29 is 4.74 Å². The van der Waals surface area contributed by atoms with Crippen molar-refractivity contribution in [2.24, 2.45) is 0 Å². The second kappa shape index (κ2) is 6.35. The number of nitrogens with zero attached hydrogens (tertiary/aromatic N) is 3. The zero-order valence-corrected chi connectivity index (χ0v) is 14.9. The highest BCUT2D eigenvalue weighted by molar-refractivity contribution is 7.23. The van der Waals surface area contributed by atoms with Gasteiger partial charge in [-0.3, -0.25) is 0 Å². The molecule has 0 unspecified atom stereocenters. The summed E-state index contributed by atoms with van der Waals surface area (Å²) in [7, 11) is 1.64. The van der Waals surface area contributed by atoms with Crippen LogP contribution in [0.15, 0.2) is 42.5 Å². The Morgan fingerprint density at radius 2 is 1.88 bits per heavy atom. The molecule has 2 aromatic heterocycles. The highest BCUT2D eigenvalue weighted by Gasteiger charge is 2.13. The summed E-state index contributed by atoms with van der Waals surface area (Å²) in [5.41, 5.74) is 1.71. The average molecular weight is 375 g/mol. The van der Waals surface area contributed by atoms with E-state index in [1.807, 2.05) is 42.5 Å². The molecular formula is C16H11ClN4OS2. The smallest absolute Gasteiger partial charge is 0.212 e. The molecule has 0 aliphatic rings. The molecule has 0 saturated carbocycles. The van der Waals surface area contributed by atoms with Crippen LogP contribution in [-0.2, 0) is 0 Å². The van der Waals surface area contributed by atoms with E-state index >= 15 is 0 Å². The molecule has 0 fully saturated rings. The van der Waals surface area contributed by atoms with E-state index in [0.717, 1.165) is 31.7 Å². The fourth-order valence-electron chi connectivity index (χ4n) is 2.25. The van der Waals surface area contributed by atoms with Crippen LogP contribution in [0.2, 0.25) is 5.02 Å². The van der Waals surface area contributed by atoms with Gasteiger partial charge in [0.25, 0.3) is 0 Å². The maximum absolute atomic E-state index is 6.21. The monoisotopic (exact) mass is 374 g/mol. The Hall–Kier alpha value is -2.22. The maximum Gasteiger partial charge on any atom is 0.212 e. The van der Waals surface area contributed by atoms with Gasteiger partial charge in [0.2, 0.25) is 5.13 Å². The molecule has 0 radical (unpaired) electrons. The molecular weight excluding hydrogens is 364 g/mol. The molecule has 0 atom stereocenters. The van der Waals surface area contributed by atoms with Crippen molar-refractivity contribution >= 4 is 54.8 Å². The van der Waals surface area contributed by atoms with E-state index in [1.54, 1.807) is 18.4 Å². The summed E-state index contributed by atoms with van der Waals surface area (Å²) in [5, 5.41) is 14.4. The van der Waals surface area contributed by atoms with Crippen molar-refractivity contribution in [3.05, 3.63) is 47.5 Å². The van der Waals surface area contributed by atoms with E-state index in [1.165, 1.54) is 11.3 Å². The molecule has 1 N–H and O–H groups in total. The van der Waals surface area contributed by atoms with Crippen LogP contribution in [0.4, 0.5) is 10.3 Å². The number of hydrogen-bond donors (Lipinski definition) is 1. The molecule has 4 rings (SSSR count). The zero-order chi connectivity index (χ0) is 16.5. The van der Waals surface area contributed by atoms with E-state index in [4.69, 9.17) is 16.3 Å². The van der Waals surface area contributed by atoms with E-state index in [9.17, 15) is 0 Å². The third-order valence-electron chi connectivity index (χ3n) is 3.35. The van der Waals surface area contributed by atoms with Crippen molar-refractivity contribution in [1.29, 1.82) is 0 Å². The number of ether oxygens (including phenoxy) is 1. The SMILES string of the molecule is COc1cccc2sc(Nc3nnc(-c4ccccc4Cl)s3)nc12. The molecule has 0 aliphatic carbocycles. The molecule has 2 aromatic carbocycles. The van der Waals surface area contributed by atoms with Gasteiger partial charge in [0.05, 0.1) is 16.8 Å². The number of methoxy groups -OCH3 is 1. The number of thiazole rings is 1. The number of anilines is 2. The van der Waals surface area contributed by atoms with Crippen LogP contribution in [0, 0.1) is 0 Å². The van der Waals surface area contributed by atoms with Crippen molar-refractivity contribution in [2.45, 2.75) is 0 Å². The summed E-state index contributed by atoms with van der Waals surface area (Å²) in [4.78, 5) is 4.57. The third kappa shape index (κ3) is 2.82. The standard InChI is InChI=1S/C16H11ClN4OS2/c1-22-11-7-4-8-12-13(11)18-15(23-12)19-16-21-20-14(24-16)9-5-2-3-6-10(9)17/h2-8H,1H3,(H,18,19,21). The normalized spacial score (nSPS) is 10.9. The molecule has 0 amide bonds. The largest absolute Gasteiger partial charge is 0.494 e. The summed E-state index contributed by atoms with van der Waals surface area (Å²) >= 11 is 9.18. The van der Waals surface area contributed by atoms with Crippen LogP contribution >= 0.6 is 34.3 Å². The van der Waals surface area contributed by atoms with Gasteiger partial charge in [0.1, 0.15) is 11.3 Å². The van der Waals surface area contributed by atoms with Crippen LogP contribution in [0.5, 0.6) is 5.75 Å². The lowest BCUT2D eigenvalue weighted by Crippen LogP contribution is -1.88. The second-order valence-electron chi connectivity index (χ2n) is 4.84. The summed E-state index contributed by atoms with van der Waals surface area (Å²) in [6.45, 7) is 0. The first-order valence-corrected chi connectivity index (χ1v) is 9.04. The van der Waals surface area contributed by atoms with E-state index in [-0.39, 0.29) is 0 Å². The Bertz CT molecular complexity index is 1010. The summed E-state index contributed by atoms with van der Waals surface area (Å²) < 4.78 is 6.39. The third-order valence-corrected chi connectivity index (χ3v) is 5.48. The van der Waals surface area contributed by atoms with Gasteiger partial charge in [-0.25, -0.2) is 4.98 Å². The molecule has 120 valence electrons. The molecule has 5 nitrogen and oxygen atoms in total. The molecule has 0 bridgehead atoms. The van der Waals surface area contributed by atoms with Crippen LogP contribution in [-0.4, -0.2) is 22.3 Å². The Kier molecular flexibility index (Phi) is 4.05. The van der Waals surface area contributed by atoms with Gasteiger partial charge >= 0.3 is 0 Å².